The zero-order chi connectivity index (χ0) is 8.97. The number of Topliss-reactive ketones (excluding diaryl/α,β-unsaturated/α-hetero) is 1. The predicted molar refractivity (Wildman–Crippen MR) is 48.2 cm³/mol. The van der Waals surface area contributed by atoms with Crippen LogP contribution in [0.4, 0.5) is 0 Å². The molecule has 1 rings (SSSR count). The van der Waals surface area contributed by atoms with Gasteiger partial charge in [-0.2, -0.15) is 0 Å². The lowest BCUT2D eigenvalue weighted by Gasteiger charge is -1.99. The van der Waals surface area contributed by atoms with Gasteiger partial charge in [0.1, 0.15) is 10.9 Å². The number of rotatable bonds is 3. The molecular weight excluding hydrogens is 174 g/mol. The van der Waals surface area contributed by atoms with Crippen molar-refractivity contribution in [2.75, 3.05) is 0 Å². The molecule has 2 nitrogen and oxygen atoms in total. The molecule has 0 saturated heterocycles. The lowest BCUT2D eigenvalue weighted by molar-refractivity contribution is -0.116. The van der Waals surface area contributed by atoms with Crippen LogP contribution in [-0.2, 0) is 11.2 Å². The minimum atomic E-state index is 0.176. The van der Waals surface area contributed by atoms with E-state index in [0.717, 1.165) is 5.56 Å². The average molecular weight is 184 g/mol. The molecule has 0 atom stereocenters. The first-order chi connectivity index (χ1) is 5.70. The second-order valence-corrected chi connectivity index (χ2v) is 3.01. The van der Waals surface area contributed by atoms with E-state index in [1.165, 1.54) is 0 Å². The Morgan fingerprint density at radius 3 is 3.00 bits per heavy atom. The van der Waals surface area contributed by atoms with Crippen LogP contribution in [0.2, 0.25) is 5.15 Å². The van der Waals surface area contributed by atoms with Gasteiger partial charge in [-0.25, -0.2) is 4.98 Å². The number of hydrogen-bond donors (Lipinski definition) is 0. The highest BCUT2D eigenvalue weighted by molar-refractivity contribution is 6.30. The van der Waals surface area contributed by atoms with Crippen LogP contribution in [0.5, 0.6) is 0 Å². The Labute approximate surface area is 76.6 Å². The monoisotopic (exact) mass is 183 g/mol. The van der Waals surface area contributed by atoms with Crippen molar-refractivity contribution in [3.05, 3.63) is 29.0 Å². The number of hydrogen-bond acceptors (Lipinski definition) is 2. The normalized spacial score (nSPS) is 9.83. The second-order valence-electron chi connectivity index (χ2n) is 2.66. The van der Waals surface area contributed by atoms with E-state index < -0.39 is 0 Å². The summed E-state index contributed by atoms with van der Waals surface area (Å²) in [6.07, 6.45) is 2.85. The van der Waals surface area contributed by atoms with E-state index in [-0.39, 0.29) is 5.78 Å². The maximum Gasteiger partial charge on any atom is 0.132 e. The van der Waals surface area contributed by atoms with Crippen molar-refractivity contribution in [2.24, 2.45) is 0 Å². The van der Waals surface area contributed by atoms with Crippen molar-refractivity contribution in [3.63, 3.8) is 0 Å². The molecule has 64 valence electrons. The third-order valence-corrected chi connectivity index (χ3v) is 1.92. The smallest absolute Gasteiger partial charge is 0.132 e. The summed E-state index contributed by atoms with van der Waals surface area (Å²) < 4.78 is 0. The number of carbonyl (C=O) groups excluding carboxylic acids is 1. The zero-order valence-electron chi connectivity index (χ0n) is 6.88. The quantitative estimate of drug-likeness (QED) is 0.673. The summed E-state index contributed by atoms with van der Waals surface area (Å²) in [7, 11) is 0. The fourth-order valence-corrected chi connectivity index (χ4v) is 1.13. The van der Waals surface area contributed by atoms with Crippen molar-refractivity contribution < 1.29 is 4.79 Å². The summed E-state index contributed by atoms with van der Waals surface area (Å²) in [6, 6.07) is 3.71. The second kappa shape index (κ2) is 4.21. The van der Waals surface area contributed by atoms with Crippen LogP contribution in [0.1, 0.15) is 18.9 Å². The van der Waals surface area contributed by atoms with Crippen LogP contribution >= 0.6 is 11.6 Å². The van der Waals surface area contributed by atoms with Gasteiger partial charge in [-0.15, -0.1) is 0 Å². The highest BCUT2D eigenvalue weighted by Crippen LogP contribution is 2.13. The van der Waals surface area contributed by atoms with Crippen LogP contribution in [0.25, 0.3) is 0 Å². The fourth-order valence-electron chi connectivity index (χ4n) is 0.917. The number of nitrogens with zero attached hydrogens (tertiary/aromatic N) is 1. The Bertz CT molecular complexity index is 286. The van der Waals surface area contributed by atoms with Gasteiger partial charge in [0.15, 0.2) is 0 Å². The maximum atomic E-state index is 10.7. The molecule has 0 aliphatic carbocycles. The molecule has 0 amide bonds. The van der Waals surface area contributed by atoms with E-state index in [9.17, 15) is 4.79 Å². The number of aryl methyl sites for hydroxylation is 1. The van der Waals surface area contributed by atoms with Gasteiger partial charge >= 0.3 is 0 Å². The van der Waals surface area contributed by atoms with Crippen molar-refractivity contribution in [3.8, 4) is 0 Å². The Hall–Kier alpha value is -0.890. The first kappa shape index (κ1) is 9.20. The Balaban J connectivity index is 2.63. The SMILES string of the molecule is CC(=O)CCc1cccnc1Cl. The summed E-state index contributed by atoms with van der Waals surface area (Å²) in [6.45, 7) is 1.57. The van der Waals surface area contributed by atoms with Crippen molar-refractivity contribution in [1.82, 2.24) is 4.98 Å². The number of aromatic nitrogens is 1. The minimum Gasteiger partial charge on any atom is -0.300 e. The third-order valence-electron chi connectivity index (χ3n) is 1.58. The zero-order valence-corrected chi connectivity index (χ0v) is 7.64. The number of carbonyl (C=O) groups is 1. The number of pyridine rings is 1. The molecule has 0 fully saturated rings. The lowest BCUT2D eigenvalue weighted by Crippen LogP contribution is -1.95. The van der Waals surface area contributed by atoms with Gasteiger partial charge in [-0.05, 0) is 25.0 Å². The predicted octanol–water partition coefficient (Wildman–Crippen LogP) is 2.26. The highest BCUT2D eigenvalue weighted by Gasteiger charge is 2.01. The van der Waals surface area contributed by atoms with Gasteiger partial charge in [0, 0.05) is 12.6 Å². The van der Waals surface area contributed by atoms with E-state index >= 15 is 0 Å². The van der Waals surface area contributed by atoms with Crippen LogP contribution in [0.15, 0.2) is 18.3 Å². The van der Waals surface area contributed by atoms with Crippen molar-refractivity contribution in [1.29, 1.82) is 0 Å². The van der Waals surface area contributed by atoms with Gasteiger partial charge in [-0.1, -0.05) is 17.7 Å². The number of ketones is 1. The summed E-state index contributed by atoms with van der Waals surface area (Å²) >= 11 is 5.79. The molecular formula is C9H10ClNO. The molecule has 0 unspecified atom stereocenters. The summed E-state index contributed by atoms with van der Waals surface area (Å²) in [5.74, 6) is 0.176. The summed E-state index contributed by atoms with van der Waals surface area (Å²) in [4.78, 5) is 14.6. The lowest BCUT2D eigenvalue weighted by atomic mass is 10.1. The van der Waals surface area contributed by atoms with E-state index in [4.69, 9.17) is 11.6 Å². The minimum absolute atomic E-state index is 0.176. The molecule has 3 heteroatoms. The van der Waals surface area contributed by atoms with Gasteiger partial charge < -0.3 is 4.79 Å². The molecule has 0 saturated carbocycles. The van der Waals surface area contributed by atoms with E-state index in [1.807, 2.05) is 12.1 Å². The average Bonchev–Trinajstić information content (AvgIpc) is 2.03. The van der Waals surface area contributed by atoms with Crippen LogP contribution in [0.3, 0.4) is 0 Å². The fraction of sp³-hybridized carbons (Fsp3) is 0.333. The maximum absolute atomic E-state index is 10.7. The molecule has 1 aromatic rings. The van der Waals surface area contributed by atoms with Crippen molar-refractivity contribution in [2.45, 2.75) is 19.8 Å². The summed E-state index contributed by atoms with van der Waals surface area (Å²) in [5, 5.41) is 0.499. The van der Waals surface area contributed by atoms with Crippen LogP contribution < -0.4 is 0 Å². The molecule has 0 aliphatic rings. The van der Waals surface area contributed by atoms with Gasteiger partial charge in [-0.3, -0.25) is 0 Å². The molecule has 1 heterocycles. The highest BCUT2D eigenvalue weighted by atomic mass is 35.5. The summed E-state index contributed by atoms with van der Waals surface area (Å²) in [5.41, 5.74) is 0.939. The Kier molecular flexibility index (Phi) is 3.23. The Morgan fingerprint density at radius 1 is 1.67 bits per heavy atom. The molecule has 0 spiro atoms. The Morgan fingerprint density at radius 2 is 2.42 bits per heavy atom. The topological polar surface area (TPSA) is 30.0 Å². The molecule has 1 aromatic heterocycles. The van der Waals surface area contributed by atoms with Gasteiger partial charge in [0.2, 0.25) is 0 Å². The first-order valence-corrected chi connectivity index (χ1v) is 4.17. The van der Waals surface area contributed by atoms with Gasteiger partial charge in [0.25, 0.3) is 0 Å². The largest absolute Gasteiger partial charge is 0.300 e. The molecule has 0 aliphatic heterocycles. The van der Waals surface area contributed by atoms with E-state index in [0.29, 0.717) is 18.0 Å². The first-order valence-electron chi connectivity index (χ1n) is 3.79. The van der Waals surface area contributed by atoms with E-state index in [1.54, 1.807) is 13.1 Å². The molecule has 0 N–H and O–H groups in total. The van der Waals surface area contributed by atoms with Crippen LogP contribution in [-0.4, -0.2) is 10.8 Å². The molecule has 0 bridgehead atoms. The molecule has 0 radical (unpaired) electrons. The molecule has 12 heavy (non-hydrogen) atoms. The van der Waals surface area contributed by atoms with Crippen LogP contribution in [0, 0.1) is 0 Å². The third kappa shape index (κ3) is 2.62. The molecule has 0 aromatic carbocycles. The standard InChI is InChI=1S/C9H10ClNO/c1-7(12)4-5-8-3-2-6-11-9(8)10/h2-3,6H,4-5H2,1H3. The van der Waals surface area contributed by atoms with Gasteiger partial charge in [0.05, 0.1) is 0 Å². The number of halogens is 1. The van der Waals surface area contributed by atoms with E-state index in [2.05, 4.69) is 4.98 Å². The van der Waals surface area contributed by atoms with Crippen molar-refractivity contribution >= 4 is 17.4 Å².